The summed E-state index contributed by atoms with van der Waals surface area (Å²) in [5.74, 6) is -0.278. The topological polar surface area (TPSA) is 307 Å². The highest BCUT2D eigenvalue weighted by atomic mass is 16.8. The fourth-order valence-corrected chi connectivity index (χ4v) is 13.4. The summed E-state index contributed by atoms with van der Waals surface area (Å²) in [4.78, 5) is 13.4. The van der Waals surface area contributed by atoms with Gasteiger partial charge in [-0.3, -0.25) is 4.79 Å². The molecule has 0 saturated carbocycles. The van der Waals surface area contributed by atoms with Crippen molar-refractivity contribution in [1.82, 2.24) is 5.32 Å². The van der Waals surface area contributed by atoms with E-state index in [0.29, 0.717) is 12.8 Å². The van der Waals surface area contributed by atoms with E-state index in [1.54, 1.807) is 6.08 Å². The van der Waals surface area contributed by atoms with Crippen LogP contribution in [0.4, 0.5) is 0 Å². The molecule has 19 heteroatoms. The van der Waals surface area contributed by atoms with Crippen molar-refractivity contribution in [3.63, 3.8) is 0 Å². The molecule has 3 aliphatic rings. The van der Waals surface area contributed by atoms with Crippen molar-refractivity contribution in [2.24, 2.45) is 0 Å². The molecule has 19 nitrogen and oxygen atoms in total. The molecule has 95 heavy (non-hydrogen) atoms. The number of amides is 1. The van der Waals surface area contributed by atoms with E-state index in [0.717, 1.165) is 38.5 Å². The molecular weight excluding hydrogens is 1210 g/mol. The van der Waals surface area contributed by atoms with Gasteiger partial charge in [0.05, 0.1) is 38.6 Å². The van der Waals surface area contributed by atoms with Gasteiger partial charge in [-0.1, -0.05) is 308 Å². The molecule has 0 radical (unpaired) electrons. The number of rotatable bonds is 62. The molecule has 0 aromatic heterocycles. The van der Waals surface area contributed by atoms with E-state index in [1.165, 1.54) is 250 Å². The first-order valence-corrected chi connectivity index (χ1v) is 39.1. The van der Waals surface area contributed by atoms with Gasteiger partial charge < -0.3 is 89.9 Å². The fourth-order valence-electron chi connectivity index (χ4n) is 13.4. The molecule has 12 N–H and O–H groups in total. The number of hydrogen-bond donors (Lipinski definition) is 12. The largest absolute Gasteiger partial charge is 0.394 e. The summed E-state index contributed by atoms with van der Waals surface area (Å²) in [6, 6.07) is -0.988. The smallest absolute Gasteiger partial charge is 0.220 e. The third-order valence-electron chi connectivity index (χ3n) is 19.8. The van der Waals surface area contributed by atoms with Crippen LogP contribution in [0.3, 0.4) is 0 Å². The van der Waals surface area contributed by atoms with E-state index < -0.39 is 124 Å². The van der Waals surface area contributed by atoms with Gasteiger partial charge in [-0.05, 0) is 32.1 Å². The minimum absolute atomic E-state index is 0.241. The zero-order valence-corrected chi connectivity index (χ0v) is 59.7. The Morgan fingerprint density at radius 2 is 0.674 bits per heavy atom. The third kappa shape index (κ3) is 38.8. The highest BCUT2D eigenvalue weighted by Crippen LogP contribution is 2.33. The van der Waals surface area contributed by atoms with Crippen LogP contribution in [0.2, 0.25) is 0 Å². The van der Waals surface area contributed by atoms with Crippen molar-refractivity contribution in [2.45, 2.75) is 426 Å². The molecule has 0 spiro atoms. The first-order valence-electron chi connectivity index (χ1n) is 39.1. The van der Waals surface area contributed by atoms with Crippen molar-refractivity contribution in [2.75, 3.05) is 26.4 Å². The summed E-state index contributed by atoms with van der Waals surface area (Å²) in [6.45, 7) is 1.77. The maximum Gasteiger partial charge on any atom is 0.220 e. The highest BCUT2D eigenvalue weighted by molar-refractivity contribution is 5.76. The van der Waals surface area contributed by atoms with Gasteiger partial charge in [0.25, 0.3) is 0 Å². The maximum absolute atomic E-state index is 13.4. The summed E-state index contributed by atoms with van der Waals surface area (Å²) in [5, 5.41) is 121. The van der Waals surface area contributed by atoms with Crippen LogP contribution < -0.4 is 5.32 Å². The SMILES string of the molecule is CCCCCCCCCCCCCCCCCCCCCCCCC/C=C/CC/C=C/C(O)C(COC1OC(CO)C(OC2OC(CO)C(OC3OC(CO)C(O)C(O)C3O)C(O)C2O)C(O)C1O)NC(=O)CCCCCCCCCCCCCCCCCCCCCCC. The minimum atomic E-state index is -1.98. The number of ether oxygens (including phenoxy) is 6. The van der Waals surface area contributed by atoms with Gasteiger partial charge in [-0.2, -0.15) is 0 Å². The van der Waals surface area contributed by atoms with Crippen LogP contribution in [0.1, 0.15) is 322 Å². The van der Waals surface area contributed by atoms with Crippen LogP contribution in [-0.4, -0.2) is 193 Å². The lowest BCUT2D eigenvalue weighted by molar-refractivity contribution is -0.379. The third-order valence-corrected chi connectivity index (χ3v) is 19.8. The zero-order chi connectivity index (χ0) is 68.9. The summed E-state index contributed by atoms with van der Waals surface area (Å²) in [5.41, 5.74) is 0. The number of hydrogen-bond acceptors (Lipinski definition) is 18. The van der Waals surface area contributed by atoms with Crippen molar-refractivity contribution in [1.29, 1.82) is 0 Å². The number of carbonyl (C=O) groups excluding carboxylic acids is 1. The average Bonchev–Trinajstić information content (AvgIpc) is 0.787. The van der Waals surface area contributed by atoms with E-state index in [-0.39, 0.29) is 18.9 Å². The molecule has 0 bridgehead atoms. The number of nitrogens with one attached hydrogen (secondary N) is 1. The van der Waals surface area contributed by atoms with Crippen LogP contribution in [0.25, 0.3) is 0 Å². The van der Waals surface area contributed by atoms with Crippen LogP contribution in [0, 0.1) is 0 Å². The predicted molar refractivity (Wildman–Crippen MR) is 374 cm³/mol. The van der Waals surface area contributed by atoms with Gasteiger partial charge in [-0.15, -0.1) is 0 Å². The molecule has 3 fully saturated rings. The maximum atomic E-state index is 13.4. The Morgan fingerprint density at radius 3 is 1.05 bits per heavy atom. The number of unbranched alkanes of at least 4 members (excludes halogenated alkanes) is 44. The van der Waals surface area contributed by atoms with Crippen LogP contribution >= 0.6 is 0 Å². The monoisotopic (exact) mass is 1360 g/mol. The van der Waals surface area contributed by atoms with Crippen LogP contribution in [-0.2, 0) is 33.2 Å². The molecule has 0 aliphatic carbocycles. The summed E-state index contributed by atoms with van der Waals surface area (Å²) in [7, 11) is 0. The van der Waals surface area contributed by atoms with Gasteiger partial charge in [0, 0.05) is 6.42 Å². The zero-order valence-electron chi connectivity index (χ0n) is 59.7. The standard InChI is InChI=1S/C76H143NO18/c1-3-5-7-9-11-13-15-17-19-21-23-25-26-27-28-29-30-31-32-34-35-37-39-41-43-45-47-49-51-53-60(81)59(77-64(82)54-52-50-48-46-44-42-40-38-36-33-24-22-20-18-16-14-12-10-8-6-4-2)58-90-74-70(88)67(85)72(62(56-79)92-74)95-76-71(89)68(86)73(63(57-80)93-76)94-75-69(87)66(84)65(83)61(55-78)91-75/h43,45,51,53,59-63,65-76,78-81,83-89H,3-42,44,46-50,52,54-58H2,1-2H3,(H,77,82)/b45-43+,53-51+. The van der Waals surface area contributed by atoms with E-state index >= 15 is 0 Å². The molecule has 0 aromatic rings. The normalized spacial score (nSPS) is 27.3. The molecule has 3 aliphatic heterocycles. The predicted octanol–water partition coefficient (Wildman–Crippen LogP) is 12.2. The Kier molecular flexibility index (Phi) is 53.3. The molecule has 3 heterocycles. The Labute approximate surface area is 575 Å². The van der Waals surface area contributed by atoms with E-state index in [1.807, 2.05) is 6.08 Å². The van der Waals surface area contributed by atoms with Gasteiger partial charge >= 0.3 is 0 Å². The van der Waals surface area contributed by atoms with Crippen molar-refractivity contribution in [3.05, 3.63) is 24.3 Å². The van der Waals surface area contributed by atoms with Crippen LogP contribution in [0.15, 0.2) is 24.3 Å². The average molecular weight is 1360 g/mol. The van der Waals surface area contributed by atoms with E-state index in [4.69, 9.17) is 28.4 Å². The van der Waals surface area contributed by atoms with E-state index in [9.17, 15) is 61.0 Å². The van der Waals surface area contributed by atoms with Crippen LogP contribution in [0.5, 0.6) is 0 Å². The van der Waals surface area contributed by atoms with Gasteiger partial charge in [0.2, 0.25) is 5.91 Å². The molecule has 17 atom stereocenters. The summed E-state index contributed by atoms with van der Waals surface area (Å²) < 4.78 is 34.4. The fraction of sp³-hybridized carbons (Fsp3) is 0.934. The Hall–Kier alpha value is -1.73. The van der Waals surface area contributed by atoms with Gasteiger partial charge in [0.15, 0.2) is 18.9 Å². The van der Waals surface area contributed by atoms with Crippen molar-refractivity contribution < 1.29 is 89.4 Å². The first kappa shape index (κ1) is 87.5. The molecular formula is C76H143NO18. The molecule has 17 unspecified atom stereocenters. The van der Waals surface area contributed by atoms with Gasteiger partial charge in [0.1, 0.15) is 73.2 Å². The molecule has 560 valence electrons. The first-order chi connectivity index (χ1) is 46.3. The number of allylic oxidation sites excluding steroid dienone is 3. The molecule has 1 amide bonds. The van der Waals surface area contributed by atoms with Crippen molar-refractivity contribution >= 4 is 5.91 Å². The summed E-state index contributed by atoms with van der Waals surface area (Å²) in [6.07, 6.45) is 41.7. The molecule has 3 rings (SSSR count). The Bertz CT molecular complexity index is 1810. The summed E-state index contributed by atoms with van der Waals surface area (Å²) >= 11 is 0. The van der Waals surface area contributed by atoms with Gasteiger partial charge in [-0.25, -0.2) is 0 Å². The second kappa shape index (κ2) is 57.8. The second-order valence-corrected chi connectivity index (χ2v) is 28.2. The second-order valence-electron chi connectivity index (χ2n) is 28.2. The number of aliphatic hydroxyl groups excluding tert-OH is 11. The van der Waals surface area contributed by atoms with Crippen molar-refractivity contribution in [3.8, 4) is 0 Å². The highest BCUT2D eigenvalue weighted by Gasteiger charge is 2.53. The quantitative estimate of drug-likeness (QED) is 0.0199. The number of aliphatic hydroxyl groups is 11. The lowest BCUT2D eigenvalue weighted by atomic mass is 9.96. The Balaban J connectivity index is 1.40. The molecule has 3 saturated heterocycles. The lowest BCUT2D eigenvalue weighted by Gasteiger charge is -2.48. The minimum Gasteiger partial charge on any atom is -0.394 e. The number of carbonyl (C=O) groups is 1. The lowest BCUT2D eigenvalue weighted by Crippen LogP contribution is -2.66. The van der Waals surface area contributed by atoms with E-state index in [2.05, 4.69) is 31.3 Å². The Morgan fingerprint density at radius 1 is 0.368 bits per heavy atom. The molecule has 0 aromatic carbocycles.